The van der Waals surface area contributed by atoms with Crippen LogP contribution in [0, 0.1) is 0 Å². The summed E-state index contributed by atoms with van der Waals surface area (Å²) >= 11 is 1.66. The van der Waals surface area contributed by atoms with Gasteiger partial charge in [0.1, 0.15) is 0 Å². The van der Waals surface area contributed by atoms with E-state index in [4.69, 9.17) is 0 Å². The van der Waals surface area contributed by atoms with Gasteiger partial charge in [0.15, 0.2) is 10.7 Å². The zero-order valence-corrected chi connectivity index (χ0v) is 12.9. The lowest BCUT2D eigenvalue weighted by atomic mass is 10.1. The fourth-order valence-electron chi connectivity index (χ4n) is 2.72. The van der Waals surface area contributed by atoms with Crippen LogP contribution in [0.2, 0.25) is 0 Å². The molecule has 0 saturated carbocycles. The van der Waals surface area contributed by atoms with Crippen LogP contribution in [0.4, 0.5) is 0 Å². The Hall–Kier alpha value is -2.46. The van der Waals surface area contributed by atoms with Crippen molar-refractivity contribution in [2.24, 2.45) is 0 Å². The molecule has 108 valence electrons. The van der Waals surface area contributed by atoms with Crippen LogP contribution in [0.15, 0.2) is 53.9 Å². The molecule has 4 heteroatoms. The molecule has 0 spiro atoms. The molecule has 0 saturated heterocycles. The van der Waals surface area contributed by atoms with Gasteiger partial charge in [0.25, 0.3) is 0 Å². The van der Waals surface area contributed by atoms with Gasteiger partial charge in [-0.2, -0.15) is 0 Å². The summed E-state index contributed by atoms with van der Waals surface area (Å²) in [6, 6.07) is 16.0. The van der Waals surface area contributed by atoms with Crippen LogP contribution in [-0.2, 0) is 6.42 Å². The molecule has 4 rings (SSSR count). The molecule has 22 heavy (non-hydrogen) atoms. The maximum absolute atomic E-state index is 11.3. The first-order valence-corrected chi connectivity index (χ1v) is 8.04. The molecule has 3 nitrogen and oxygen atoms in total. The summed E-state index contributed by atoms with van der Waals surface area (Å²) in [5.41, 5.74) is 5.36. The number of hydrogen-bond donors (Lipinski definition) is 0. The number of ketones is 1. The van der Waals surface area contributed by atoms with E-state index in [2.05, 4.69) is 20.8 Å². The smallest absolute Gasteiger partial charge is 0.194 e. The van der Waals surface area contributed by atoms with Crippen molar-refractivity contribution in [3.63, 3.8) is 0 Å². The highest BCUT2D eigenvalue weighted by atomic mass is 32.1. The highest BCUT2D eigenvalue weighted by Gasteiger charge is 2.10. The Bertz CT molecular complexity index is 979. The Labute approximate surface area is 131 Å². The molecule has 4 aromatic rings. The second-order valence-corrected chi connectivity index (χ2v) is 6.21. The van der Waals surface area contributed by atoms with Gasteiger partial charge in [0.2, 0.25) is 0 Å². The molecule has 2 aromatic carbocycles. The van der Waals surface area contributed by atoms with E-state index < -0.39 is 0 Å². The maximum atomic E-state index is 11.3. The summed E-state index contributed by atoms with van der Waals surface area (Å²) < 4.78 is 2.22. The van der Waals surface area contributed by atoms with Crippen LogP contribution in [0.5, 0.6) is 0 Å². The fraction of sp³-hybridized carbons (Fsp3) is 0.111. The molecule has 0 bridgehead atoms. The van der Waals surface area contributed by atoms with E-state index >= 15 is 0 Å². The van der Waals surface area contributed by atoms with Gasteiger partial charge in [-0.15, -0.1) is 11.3 Å². The van der Waals surface area contributed by atoms with Gasteiger partial charge in [-0.1, -0.05) is 36.4 Å². The predicted molar refractivity (Wildman–Crippen MR) is 89.8 cm³/mol. The third-order valence-corrected chi connectivity index (χ3v) is 4.74. The summed E-state index contributed by atoms with van der Waals surface area (Å²) in [6.07, 6.45) is 0.832. The first-order chi connectivity index (χ1) is 10.7. The van der Waals surface area contributed by atoms with E-state index in [1.807, 2.05) is 42.5 Å². The normalized spacial score (nSPS) is 11.3. The minimum atomic E-state index is 0.102. The van der Waals surface area contributed by atoms with Crippen molar-refractivity contribution >= 4 is 33.1 Å². The summed E-state index contributed by atoms with van der Waals surface area (Å²) in [4.78, 5) is 17.0. The average Bonchev–Trinajstić information content (AvgIpc) is 3.08. The highest BCUT2D eigenvalue weighted by Crippen LogP contribution is 2.25. The lowest BCUT2D eigenvalue weighted by molar-refractivity contribution is 0.101. The molecule has 0 aliphatic heterocycles. The molecule has 0 N–H and O–H groups in total. The minimum Gasteiger partial charge on any atom is -0.295 e. The number of thiazole rings is 1. The summed E-state index contributed by atoms with van der Waals surface area (Å²) in [5.74, 6) is 0.102. The number of Topliss-reactive ketones (excluding diaryl/α,β-unsaturated/α-hetero) is 1. The fourth-order valence-corrected chi connectivity index (χ4v) is 3.62. The third kappa shape index (κ3) is 2.12. The molecule has 0 fully saturated rings. The van der Waals surface area contributed by atoms with Crippen molar-refractivity contribution < 1.29 is 4.79 Å². The number of rotatable bonds is 3. The van der Waals surface area contributed by atoms with Crippen LogP contribution >= 0.6 is 11.3 Å². The number of imidazole rings is 1. The quantitative estimate of drug-likeness (QED) is 0.528. The maximum Gasteiger partial charge on any atom is 0.194 e. The first kappa shape index (κ1) is 13.2. The van der Waals surface area contributed by atoms with E-state index in [0.29, 0.717) is 0 Å². The second-order valence-electron chi connectivity index (χ2n) is 5.38. The van der Waals surface area contributed by atoms with Crippen LogP contribution in [0.3, 0.4) is 0 Å². The molecule has 0 aliphatic rings. The van der Waals surface area contributed by atoms with E-state index in [-0.39, 0.29) is 5.78 Å². The van der Waals surface area contributed by atoms with Crippen molar-refractivity contribution in [2.75, 3.05) is 0 Å². The van der Waals surface area contributed by atoms with Gasteiger partial charge in [-0.05, 0) is 24.6 Å². The molecular formula is C18H14N2OS. The number of hydrogen-bond acceptors (Lipinski definition) is 3. The van der Waals surface area contributed by atoms with Gasteiger partial charge in [-0.3, -0.25) is 9.20 Å². The Balaban J connectivity index is 1.76. The SMILES string of the molecule is CC(=O)c1ccc(Cc2csc3nc4ccccc4n23)cc1. The molecule has 2 heterocycles. The van der Waals surface area contributed by atoms with Crippen molar-refractivity contribution in [3.8, 4) is 0 Å². The molecule has 0 radical (unpaired) electrons. The Morgan fingerprint density at radius 1 is 1.14 bits per heavy atom. The molecule has 0 aliphatic carbocycles. The van der Waals surface area contributed by atoms with Crippen LogP contribution < -0.4 is 0 Å². The van der Waals surface area contributed by atoms with Crippen LogP contribution in [-0.4, -0.2) is 15.2 Å². The summed E-state index contributed by atoms with van der Waals surface area (Å²) in [7, 11) is 0. The van der Waals surface area contributed by atoms with Crippen LogP contribution in [0.25, 0.3) is 16.0 Å². The number of para-hydroxylation sites is 2. The van der Waals surface area contributed by atoms with Gasteiger partial charge in [0.05, 0.1) is 11.0 Å². The number of carbonyl (C=O) groups excluding carboxylic acids is 1. The van der Waals surface area contributed by atoms with Gasteiger partial charge < -0.3 is 0 Å². The molecule has 2 aromatic heterocycles. The molecular weight excluding hydrogens is 292 g/mol. The van der Waals surface area contributed by atoms with E-state index in [0.717, 1.165) is 28.0 Å². The second kappa shape index (κ2) is 5.07. The number of nitrogens with zero attached hydrogens (tertiary/aromatic N) is 2. The molecule has 0 atom stereocenters. The zero-order valence-electron chi connectivity index (χ0n) is 12.1. The third-order valence-electron chi connectivity index (χ3n) is 3.86. The molecule has 0 amide bonds. The standard InChI is InChI=1S/C18H14N2OS/c1-12(21)14-8-6-13(7-9-14)10-15-11-22-18-19-16-4-2-3-5-17(16)20(15)18/h2-9,11H,10H2,1H3. The number of benzene rings is 2. The Kier molecular flexibility index (Phi) is 3.05. The summed E-state index contributed by atoms with van der Waals surface area (Å²) in [6.45, 7) is 1.59. The topological polar surface area (TPSA) is 34.4 Å². The van der Waals surface area contributed by atoms with Crippen molar-refractivity contribution in [3.05, 3.63) is 70.7 Å². The van der Waals surface area contributed by atoms with Crippen molar-refractivity contribution in [2.45, 2.75) is 13.3 Å². The minimum absolute atomic E-state index is 0.102. The number of fused-ring (bicyclic) bond motifs is 3. The van der Waals surface area contributed by atoms with Gasteiger partial charge in [-0.25, -0.2) is 4.98 Å². The summed E-state index contributed by atoms with van der Waals surface area (Å²) in [5, 5.41) is 2.16. The largest absolute Gasteiger partial charge is 0.295 e. The highest BCUT2D eigenvalue weighted by molar-refractivity contribution is 7.15. The van der Waals surface area contributed by atoms with Crippen molar-refractivity contribution in [1.29, 1.82) is 0 Å². The monoisotopic (exact) mass is 306 g/mol. The zero-order chi connectivity index (χ0) is 15.1. The average molecular weight is 306 g/mol. The van der Waals surface area contributed by atoms with E-state index in [1.54, 1.807) is 18.3 Å². The Morgan fingerprint density at radius 3 is 2.68 bits per heavy atom. The molecule has 0 unspecified atom stereocenters. The van der Waals surface area contributed by atoms with Gasteiger partial charge in [0, 0.05) is 23.1 Å². The van der Waals surface area contributed by atoms with E-state index in [9.17, 15) is 4.79 Å². The number of aromatic nitrogens is 2. The predicted octanol–water partition coefficient (Wildman–Crippen LogP) is 4.34. The van der Waals surface area contributed by atoms with Crippen molar-refractivity contribution in [1.82, 2.24) is 9.38 Å². The lowest BCUT2D eigenvalue weighted by Crippen LogP contribution is -1.95. The lowest BCUT2D eigenvalue weighted by Gasteiger charge is -2.03. The first-order valence-electron chi connectivity index (χ1n) is 7.16. The number of carbonyl (C=O) groups is 1. The van der Waals surface area contributed by atoms with E-state index in [1.165, 1.54) is 11.3 Å². The van der Waals surface area contributed by atoms with Crippen LogP contribution in [0.1, 0.15) is 28.5 Å². The van der Waals surface area contributed by atoms with Gasteiger partial charge >= 0.3 is 0 Å². The Morgan fingerprint density at radius 2 is 1.91 bits per heavy atom.